The van der Waals surface area contributed by atoms with E-state index in [0.717, 1.165) is 5.69 Å². The summed E-state index contributed by atoms with van der Waals surface area (Å²) in [4.78, 5) is 16.7. The zero-order chi connectivity index (χ0) is 18.5. The van der Waals surface area contributed by atoms with E-state index in [1.165, 1.54) is 7.11 Å². The van der Waals surface area contributed by atoms with Gasteiger partial charge in [0.25, 0.3) is 5.91 Å². The molecular weight excluding hydrogens is 373 g/mol. The Labute approximate surface area is 160 Å². The highest BCUT2D eigenvalue weighted by atomic mass is 35.5. The van der Waals surface area contributed by atoms with Crippen LogP contribution in [0, 0.1) is 0 Å². The third-order valence-electron chi connectivity index (χ3n) is 3.52. The van der Waals surface area contributed by atoms with Crippen molar-refractivity contribution in [2.45, 2.75) is 0 Å². The van der Waals surface area contributed by atoms with Crippen LogP contribution in [-0.2, 0) is 0 Å². The average molecular weight is 388 g/mol. The molecule has 0 saturated heterocycles. The fourth-order valence-corrected chi connectivity index (χ4v) is 2.69. The van der Waals surface area contributed by atoms with Crippen molar-refractivity contribution in [1.82, 2.24) is 4.98 Å². The summed E-state index contributed by atoms with van der Waals surface area (Å²) in [7, 11) is 1.52. The normalized spacial score (nSPS) is 10.3. The van der Waals surface area contributed by atoms with Gasteiger partial charge in [-0.3, -0.25) is 9.78 Å². The second-order valence-electron chi connectivity index (χ2n) is 5.36. The van der Waals surface area contributed by atoms with Gasteiger partial charge < -0.3 is 15.4 Å². The highest BCUT2D eigenvalue weighted by molar-refractivity contribution is 6.31. The summed E-state index contributed by atoms with van der Waals surface area (Å²) in [6.07, 6.45) is 1.55. The van der Waals surface area contributed by atoms with Crippen molar-refractivity contribution in [3.8, 4) is 5.75 Å². The molecule has 0 radical (unpaired) electrons. The van der Waals surface area contributed by atoms with Gasteiger partial charge in [0.15, 0.2) is 0 Å². The second-order valence-corrected chi connectivity index (χ2v) is 6.24. The maximum atomic E-state index is 12.5. The molecule has 2 N–H and O–H groups in total. The Morgan fingerprint density at radius 1 is 1.00 bits per heavy atom. The lowest BCUT2D eigenvalue weighted by molar-refractivity contribution is 0.102. The van der Waals surface area contributed by atoms with E-state index in [0.29, 0.717) is 27.2 Å². The van der Waals surface area contributed by atoms with Crippen LogP contribution in [-0.4, -0.2) is 18.0 Å². The predicted octanol–water partition coefficient (Wildman–Crippen LogP) is 5.39. The van der Waals surface area contributed by atoms with Gasteiger partial charge in [0.05, 0.1) is 12.8 Å². The molecule has 0 saturated carbocycles. The minimum Gasteiger partial charge on any atom is -0.495 e. The smallest absolute Gasteiger partial charge is 0.274 e. The van der Waals surface area contributed by atoms with E-state index < -0.39 is 0 Å². The first-order valence-electron chi connectivity index (χ1n) is 7.69. The van der Waals surface area contributed by atoms with Gasteiger partial charge in [-0.25, -0.2) is 0 Å². The number of amides is 1. The summed E-state index contributed by atoms with van der Waals surface area (Å²) >= 11 is 12.0. The van der Waals surface area contributed by atoms with Crippen LogP contribution in [0.4, 0.5) is 17.1 Å². The zero-order valence-electron chi connectivity index (χ0n) is 13.8. The number of carbonyl (C=O) groups excluding carboxylic acids is 1. The van der Waals surface area contributed by atoms with Crippen LogP contribution >= 0.6 is 23.2 Å². The third kappa shape index (κ3) is 4.45. The summed E-state index contributed by atoms with van der Waals surface area (Å²) in [6, 6.07) is 15.7. The largest absolute Gasteiger partial charge is 0.495 e. The summed E-state index contributed by atoms with van der Waals surface area (Å²) < 4.78 is 5.23. The lowest BCUT2D eigenvalue weighted by Crippen LogP contribution is -2.14. The van der Waals surface area contributed by atoms with E-state index in [1.54, 1.807) is 48.7 Å². The Morgan fingerprint density at radius 2 is 1.77 bits per heavy atom. The third-order valence-corrected chi connectivity index (χ3v) is 3.99. The average Bonchev–Trinajstić information content (AvgIpc) is 2.62. The van der Waals surface area contributed by atoms with Crippen molar-refractivity contribution in [2.75, 3.05) is 17.7 Å². The van der Waals surface area contributed by atoms with Gasteiger partial charge in [0.1, 0.15) is 11.4 Å². The second kappa shape index (κ2) is 8.08. The molecule has 0 bridgehead atoms. The molecule has 0 unspecified atom stereocenters. The van der Waals surface area contributed by atoms with Crippen molar-refractivity contribution in [3.63, 3.8) is 0 Å². The summed E-state index contributed by atoms with van der Waals surface area (Å²) in [5.74, 6) is 0.135. The van der Waals surface area contributed by atoms with E-state index in [1.807, 2.05) is 12.1 Å². The molecule has 0 aliphatic carbocycles. The van der Waals surface area contributed by atoms with E-state index in [-0.39, 0.29) is 11.6 Å². The Hall–Kier alpha value is -2.76. The maximum Gasteiger partial charge on any atom is 0.274 e. The van der Waals surface area contributed by atoms with E-state index >= 15 is 0 Å². The fourth-order valence-electron chi connectivity index (χ4n) is 2.33. The minimum absolute atomic E-state index is 0.249. The fraction of sp³-hybridized carbons (Fsp3) is 0.0526. The van der Waals surface area contributed by atoms with Crippen molar-refractivity contribution in [1.29, 1.82) is 0 Å². The first kappa shape index (κ1) is 18.0. The molecule has 1 aromatic heterocycles. The molecular formula is C19H15Cl2N3O2. The number of rotatable bonds is 5. The topological polar surface area (TPSA) is 63.2 Å². The van der Waals surface area contributed by atoms with Gasteiger partial charge in [0, 0.05) is 27.6 Å². The van der Waals surface area contributed by atoms with Crippen molar-refractivity contribution in [3.05, 3.63) is 76.5 Å². The van der Waals surface area contributed by atoms with Gasteiger partial charge in [-0.05, 0) is 48.5 Å². The number of anilines is 3. The van der Waals surface area contributed by atoms with Crippen LogP contribution in [0.15, 0.2) is 60.8 Å². The Morgan fingerprint density at radius 3 is 2.54 bits per heavy atom. The molecule has 1 heterocycles. The number of ether oxygens (including phenoxy) is 1. The quantitative estimate of drug-likeness (QED) is 0.615. The Balaban J connectivity index is 1.79. The molecule has 0 aliphatic rings. The number of pyridine rings is 1. The number of hydrogen-bond donors (Lipinski definition) is 2. The molecule has 3 rings (SSSR count). The van der Waals surface area contributed by atoms with Crippen LogP contribution in [0.25, 0.3) is 0 Å². The SMILES string of the molecule is COc1ccc(Cl)cc1NC(=O)c1cc(Nc2cccc(Cl)c2)ccn1. The first-order chi connectivity index (χ1) is 12.5. The maximum absolute atomic E-state index is 12.5. The number of nitrogens with zero attached hydrogens (tertiary/aromatic N) is 1. The molecule has 5 nitrogen and oxygen atoms in total. The predicted molar refractivity (Wildman–Crippen MR) is 105 cm³/mol. The molecule has 1 amide bonds. The van der Waals surface area contributed by atoms with E-state index in [2.05, 4.69) is 15.6 Å². The molecule has 132 valence electrons. The molecule has 0 spiro atoms. The molecule has 3 aromatic rings. The van der Waals surface area contributed by atoms with Gasteiger partial charge in [0.2, 0.25) is 0 Å². The van der Waals surface area contributed by atoms with Crippen LogP contribution in [0.2, 0.25) is 10.0 Å². The van der Waals surface area contributed by atoms with Crippen molar-refractivity contribution in [2.24, 2.45) is 0 Å². The number of halogens is 2. The number of carbonyl (C=O) groups is 1. The van der Waals surface area contributed by atoms with Crippen LogP contribution < -0.4 is 15.4 Å². The molecule has 0 atom stereocenters. The Kier molecular flexibility index (Phi) is 5.61. The van der Waals surface area contributed by atoms with Gasteiger partial charge >= 0.3 is 0 Å². The standard InChI is InChI=1S/C19H15Cl2N3O2/c1-26-18-6-5-13(21)10-16(18)24-19(25)17-11-15(7-8-22-17)23-14-4-2-3-12(20)9-14/h2-11H,1H3,(H,22,23)(H,24,25). The summed E-state index contributed by atoms with van der Waals surface area (Å²) in [6.45, 7) is 0. The molecule has 2 aromatic carbocycles. The van der Waals surface area contributed by atoms with Crippen LogP contribution in [0.3, 0.4) is 0 Å². The van der Waals surface area contributed by atoms with Crippen molar-refractivity contribution >= 4 is 46.2 Å². The minimum atomic E-state index is -0.375. The molecule has 0 fully saturated rings. The summed E-state index contributed by atoms with van der Waals surface area (Å²) in [5, 5.41) is 7.06. The number of methoxy groups -OCH3 is 1. The monoisotopic (exact) mass is 387 g/mol. The lowest BCUT2D eigenvalue weighted by Gasteiger charge is -2.11. The number of hydrogen-bond acceptors (Lipinski definition) is 4. The van der Waals surface area contributed by atoms with Crippen molar-refractivity contribution < 1.29 is 9.53 Å². The summed E-state index contributed by atoms with van der Waals surface area (Å²) in [5.41, 5.74) is 2.25. The molecule has 7 heteroatoms. The van der Waals surface area contributed by atoms with Gasteiger partial charge in [-0.15, -0.1) is 0 Å². The number of aromatic nitrogens is 1. The number of nitrogens with one attached hydrogen (secondary N) is 2. The van der Waals surface area contributed by atoms with Crippen LogP contribution in [0.1, 0.15) is 10.5 Å². The molecule has 26 heavy (non-hydrogen) atoms. The van der Waals surface area contributed by atoms with Crippen LogP contribution in [0.5, 0.6) is 5.75 Å². The Bertz CT molecular complexity index is 948. The lowest BCUT2D eigenvalue weighted by atomic mass is 10.2. The van der Waals surface area contributed by atoms with Gasteiger partial charge in [-0.1, -0.05) is 29.3 Å². The zero-order valence-corrected chi connectivity index (χ0v) is 15.3. The highest BCUT2D eigenvalue weighted by Gasteiger charge is 2.12. The van der Waals surface area contributed by atoms with Gasteiger partial charge in [-0.2, -0.15) is 0 Å². The molecule has 0 aliphatic heterocycles. The number of benzene rings is 2. The first-order valence-corrected chi connectivity index (χ1v) is 8.44. The highest BCUT2D eigenvalue weighted by Crippen LogP contribution is 2.28. The van der Waals surface area contributed by atoms with E-state index in [9.17, 15) is 4.79 Å². The van der Waals surface area contributed by atoms with E-state index in [4.69, 9.17) is 27.9 Å².